The molecule has 146 valence electrons. The third kappa shape index (κ3) is 5.15. The van der Waals surface area contributed by atoms with Gasteiger partial charge in [-0.05, 0) is 11.1 Å². The maximum absolute atomic E-state index is 12.4. The molecule has 5 heteroatoms. The van der Waals surface area contributed by atoms with E-state index in [1.54, 1.807) is 6.08 Å². The zero-order valence-corrected chi connectivity index (χ0v) is 15.9. The van der Waals surface area contributed by atoms with Gasteiger partial charge in [0.25, 0.3) is 0 Å². The zero-order valence-electron chi connectivity index (χ0n) is 15.9. The van der Waals surface area contributed by atoms with E-state index in [2.05, 4.69) is 0 Å². The highest BCUT2D eigenvalue weighted by Gasteiger charge is 2.41. The van der Waals surface area contributed by atoms with Gasteiger partial charge in [0, 0.05) is 11.8 Å². The number of methoxy groups -OCH3 is 1. The average molecular weight is 380 g/mol. The first-order chi connectivity index (χ1) is 13.6. The molecule has 5 nitrogen and oxygen atoms in total. The van der Waals surface area contributed by atoms with E-state index in [0.717, 1.165) is 11.1 Å². The summed E-state index contributed by atoms with van der Waals surface area (Å²) < 4.78 is 16.5. The van der Waals surface area contributed by atoms with Crippen molar-refractivity contribution < 1.29 is 23.8 Å². The second-order valence-corrected chi connectivity index (χ2v) is 6.97. The van der Waals surface area contributed by atoms with E-state index in [1.807, 2.05) is 60.7 Å². The maximum Gasteiger partial charge on any atom is 0.341 e. The summed E-state index contributed by atoms with van der Waals surface area (Å²) in [7, 11) is 1.27. The van der Waals surface area contributed by atoms with Crippen LogP contribution in [0.4, 0.5) is 0 Å². The molecule has 0 aromatic heterocycles. The van der Waals surface area contributed by atoms with Gasteiger partial charge in [-0.2, -0.15) is 0 Å². The number of hydrogen-bond acceptors (Lipinski definition) is 5. The summed E-state index contributed by atoms with van der Waals surface area (Å²) in [4.78, 5) is 24.3. The fourth-order valence-corrected chi connectivity index (χ4v) is 3.26. The Bertz CT molecular complexity index is 781. The van der Waals surface area contributed by atoms with E-state index in [1.165, 1.54) is 7.11 Å². The highest BCUT2D eigenvalue weighted by atomic mass is 16.5. The second-order valence-electron chi connectivity index (χ2n) is 6.97. The topological polar surface area (TPSA) is 61.8 Å². The van der Waals surface area contributed by atoms with Gasteiger partial charge in [-0.15, -0.1) is 0 Å². The largest absolute Gasteiger partial charge is 0.465 e. The summed E-state index contributed by atoms with van der Waals surface area (Å²) in [5.74, 6) is -0.850. The number of hydrogen-bond donors (Lipinski definition) is 0. The number of benzene rings is 2. The summed E-state index contributed by atoms with van der Waals surface area (Å²) in [6, 6.07) is 19.6. The molecule has 0 spiro atoms. The van der Waals surface area contributed by atoms with Crippen LogP contribution in [0.2, 0.25) is 0 Å². The maximum atomic E-state index is 12.4. The van der Waals surface area contributed by atoms with Crippen LogP contribution in [0.3, 0.4) is 0 Å². The van der Waals surface area contributed by atoms with Crippen molar-refractivity contribution in [3.63, 3.8) is 0 Å². The standard InChI is InChI=1S/C23H24O5/c1-26-22(25)20-12-23(13-21(20)24,16-27-14-18-8-4-2-5-9-18)17-28-15-19-10-6-3-7-11-19/h2-12H,13-17H2,1H3. The van der Waals surface area contributed by atoms with Gasteiger partial charge in [-0.1, -0.05) is 66.7 Å². The molecular formula is C23H24O5. The number of carbonyl (C=O) groups excluding carboxylic acids is 2. The van der Waals surface area contributed by atoms with Crippen molar-refractivity contribution in [1.82, 2.24) is 0 Å². The minimum absolute atomic E-state index is 0.0779. The summed E-state index contributed by atoms with van der Waals surface area (Å²) >= 11 is 0. The molecule has 0 heterocycles. The Morgan fingerprint density at radius 2 is 1.39 bits per heavy atom. The van der Waals surface area contributed by atoms with Crippen molar-refractivity contribution in [2.24, 2.45) is 5.41 Å². The Morgan fingerprint density at radius 1 is 0.893 bits per heavy atom. The van der Waals surface area contributed by atoms with Crippen molar-refractivity contribution in [3.05, 3.63) is 83.4 Å². The predicted octanol–water partition coefficient (Wildman–Crippen LogP) is 3.48. The van der Waals surface area contributed by atoms with Crippen LogP contribution in [-0.4, -0.2) is 32.1 Å². The molecular weight excluding hydrogens is 356 g/mol. The Hall–Kier alpha value is -2.76. The highest BCUT2D eigenvalue weighted by Crippen LogP contribution is 2.35. The molecule has 0 N–H and O–H groups in total. The van der Waals surface area contributed by atoms with Crippen LogP contribution in [-0.2, 0) is 37.0 Å². The van der Waals surface area contributed by atoms with E-state index < -0.39 is 11.4 Å². The SMILES string of the molecule is COC(=O)C1=CC(COCc2ccccc2)(COCc2ccccc2)CC1=O. The lowest BCUT2D eigenvalue weighted by atomic mass is 9.89. The minimum Gasteiger partial charge on any atom is -0.465 e. The van der Waals surface area contributed by atoms with Crippen LogP contribution in [0.5, 0.6) is 0 Å². The smallest absolute Gasteiger partial charge is 0.341 e. The van der Waals surface area contributed by atoms with Crippen LogP contribution in [0, 0.1) is 5.41 Å². The number of esters is 1. The van der Waals surface area contributed by atoms with Crippen LogP contribution < -0.4 is 0 Å². The van der Waals surface area contributed by atoms with Crippen molar-refractivity contribution in [3.8, 4) is 0 Å². The number of ketones is 1. The summed E-state index contributed by atoms with van der Waals surface area (Å²) in [5, 5.41) is 0. The van der Waals surface area contributed by atoms with Gasteiger partial charge in [0.05, 0.1) is 39.1 Å². The van der Waals surface area contributed by atoms with Gasteiger partial charge >= 0.3 is 5.97 Å². The van der Waals surface area contributed by atoms with Crippen molar-refractivity contribution in [2.75, 3.05) is 20.3 Å². The molecule has 0 aliphatic heterocycles. The van der Waals surface area contributed by atoms with E-state index in [0.29, 0.717) is 13.2 Å². The fraction of sp³-hybridized carbons (Fsp3) is 0.304. The minimum atomic E-state index is -0.676. The molecule has 1 aliphatic carbocycles. The lowest BCUT2D eigenvalue weighted by Crippen LogP contribution is -2.29. The lowest BCUT2D eigenvalue weighted by Gasteiger charge is -2.26. The van der Waals surface area contributed by atoms with Gasteiger partial charge in [0.15, 0.2) is 5.78 Å². The molecule has 0 amide bonds. The van der Waals surface area contributed by atoms with Crippen LogP contribution in [0.1, 0.15) is 17.5 Å². The predicted molar refractivity (Wildman–Crippen MR) is 104 cm³/mol. The van der Waals surface area contributed by atoms with Gasteiger partial charge in [-0.3, -0.25) is 4.79 Å². The van der Waals surface area contributed by atoms with Gasteiger partial charge < -0.3 is 14.2 Å². The molecule has 0 bridgehead atoms. The number of ether oxygens (including phenoxy) is 3. The third-order valence-corrected chi connectivity index (χ3v) is 4.67. The van der Waals surface area contributed by atoms with Crippen LogP contribution >= 0.6 is 0 Å². The summed E-state index contributed by atoms with van der Waals surface area (Å²) in [6.07, 6.45) is 1.83. The normalized spacial score (nSPS) is 15.3. The molecule has 0 atom stereocenters. The van der Waals surface area contributed by atoms with E-state index >= 15 is 0 Å². The van der Waals surface area contributed by atoms with E-state index in [-0.39, 0.29) is 31.0 Å². The monoisotopic (exact) mass is 380 g/mol. The molecule has 28 heavy (non-hydrogen) atoms. The van der Waals surface area contributed by atoms with Crippen LogP contribution in [0.15, 0.2) is 72.3 Å². The first-order valence-electron chi connectivity index (χ1n) is 9.20. The van der Waals surface area contributed by atoms with Crippen molar-refractivity contribution in [2.45, 2.75) is 19.6 Å². The first kappa shape index (κ1) is 20.0. The first-order valence-corrected chi connectivity index (χ1v) is 9.20. The molecule has 0 unspecified atom stereocenters. The Balaban J connectivity index is 1.67. The Morgan fingerprint density at radius 3 is 1.86 bits per heavy atom. The number of Topliss-reactive ketones (excluding diaryl/α,β-unsaturated/α-hetero) is 1. The van der Waals surface area contributed by atoms with Gasteiger partial charge in [0.2, 0.25) is 0 Å². The zero-order chi connectivity index (χ0) is 19.8. The fourth-order valence-electron chi connectivity index (χ4n) is 3.26. The summed E-state index contributed by atoms with van der Waals surface area (Å²) in [5.41, 5.74) is 1.49. The molecule has 0 saturated heterocycles. The quantitative estimate of drug-likeness (QED) is 0.492. The molecule has 2 aromatic rings. The lowest BCUT2D eigenvalue weighted by molar-refractivity contribution is -0.137. The second kappa shape index (κ2) is 9.44. The Kier molecular flexibility index (Phi) is 6.74. The molecule has 2 aromatic carbocycles. The molecule has 3 rings (SSSR count). The Labute approximate surface area is 164 Å². The summed E-state index contributed by atoms with van der Waals surface area (Å²) in [6.45, 7) is 1.42. The number of carbonyl (C=O) groups is 2. The van der Waals surface area contributed by atoms with Gasteiger partial charge in [-0.25, -0.2) is 4.79 Å². The van der Waals surface area contributed by atoms with E-state index in [4.69, 9.17) is 14.2 Å². The van der Waals surface area contributed by atoms with Crippen LogP contribution in [0.25, 0.3) is 0 Å². The number of rotatable bonds is 9. The van der Waals surface area contributed by atoms with Gasteiger partial charge in [0.1, 0.15) is 0 Å². The van der Waals surface area contributed by atoms with Crippen molar-refractivity contribution in [1.29, 1.82) is 0 Å². The van der Waals surface area contributed by atoms with Crippen molar-refractivity contribution >= 4 is 11.8 Å². The highest BCUT2D eigenvalue weighted by molar-refractivity contribution is 6.19. The molecule has 0 radical (unpaired) electrons. The van der Waals surface area contributed by atoms with E-state index in [9.17, 15) is 9.59 Å². The molecule has 0 saturated carbocycles. The molecule has 1 aliphatic rings. The third-order valence-electron chi connectivity index (χ3n) is 4.67. The molecule has 0 fully saturated rings. The average Bonchev–Trinajstić information content (AvgIpc) is 3.05.